The van der Waals surface area contributed by atoms with Crippen LogP contribution in [0.2, 0.25) is 0 Å². The molecular formula is C16H34O4S. The number of hydrogen-bond acceptors (Lipinski definition) is 3. The number of aliphatic hydroxyl groups is 1. The number of unbranched alkanes of at least 4 members (excludes halogenated alkanes) is 7. The molecule has 128 valence electrons. The van der Waals surface area contributed by atoms with Crippen molar-refractivity contribution < 1.29 is 18.1 Å². The Morgan fingerprint density at radius 2 is 1.24 bits per heavy atom. The van der Waals surface area contributed by atoms with E-state index in [2.05, 4.69) is 0 Å². The van der Waals surface area contributed by atoms with Gasteiger partial charge >= 0.3 is 0 Å². The summed E-state index contributed by atoms with van der Waals surface area (Å²) in [5.74, 6) is 0. The molecule has 0 spiro atoms. The van der Waals surface area contributed by atoms with Gasteiger partial charge in [0, 0.05) is 0 Å². The molecular weight excluding hydrogens is 288 g/mol. The first-order chi connectivity index (χ1) is 9.88. The van der Waals surface area contributed by atoms with Crippen molar-refractivity contribution >= 4 is 10.1 Å². The highest BCUT2D eigenvalue weighted by molar-refractivity contribution is 7.86. The summed E-state index contributed by atoms with van der Waals surface area (Å²) in [5.41, 5.74) is 0. The molecule has 0 radical (unpaired) electrons. The first kappa shape index (κ1) is 20.9. The largest absolute Gasteiger partial charge is 0.393 e. The van der Waals surface area contributed by atoms with Gasteiger partial charge in [0.2, 0.25) is 0 Å². The molecule has 0 bridgehead atoms. The maximum atomic E-state index is 11.2. The summed E-state index contributed by atoms with van der Waals surface area (Å²) in [6, 6.07) is 0. The maximum absolute atomic E-state index is 11.2. The highest BCUT2D eigenvalue weighted by Crippen LogP contribution is 2.17. The summed E-state index contributed by atoms with van der Waals surface area (Å²) >= 11 is 0. The molecule has 0 saturated carbocycles. The molecule has 4 nitrogen and oxygen atoms in total. The third kappa shape index (κ3) is 13.3. The van der Waals surface area contributed by atoms with Crippen LogP contribution >= 0.6 is 0 Å². The zero-order valence-corrected chi connectivity index (χ0v) is 14.6. The minimum absolute atomic E-state index is 0.177. The Balaban J connectivity index is 3.46. The lowest BCUT2D eigenvalue weighted by Gasteiger charge is -2.12. The lowest BCUT2D eigenvalue weighted by atomic mass is 10.0. The van der Waals surface area contributed by atoms with Gasteiger partial charge in [-0.3, -0.25) is 4.55 Å². The second-order valence-corrected chi connectivity index (χ2v) is 7.88. The molecule has 0 fully saturated rings. The fraction of sp³-hybridized carbons (Fsp3) is 1.00. The Morgan fingerprint density at radius 3 is 1.62 bits per heavy atom. The Kier molecular flexibility index (Phi) is 12.3. The van der Waals surface area contributed by atoms with Crippen LogP contribution < -0.4 is 0 Å². The Bertz CT molecular complexity index is 325. The molecule has 0 saturated heterocycles. The van der Waals surface area contributed by atoms with E-state index in [4.69, 9.17) is 9.66 Å². The highest BCUT2D eigenvalue weighted by Gasteiger charge is 2.20. The maximum Gasteiger partial charge on any atom is 0.267 e. The van der Waals surface area contributed by atoms with Crippen LogP contribution in [0.5, 0.6) is 0 Å². The van der Waals surface area contributed by atoms with Crippen LogP contribution in [0.4, 0.5) is 0 Å². The zero-order valence-electron chi connectivity index (χ0n) is 13.8. The molecule has 0 aliphatic carbocycles. The van der Waals surface area contributed by atoms with E-state index in [1.165, 1.54) is 25.7 Å². The van der Waals surface area contributed by atoms with E-state index in [1.807, 2.05) is 13.8 Å². The molecule has 0 amide bonds. The lowest BCUT2D eigenvalue weighted by Crippen LogP contribution is -2.20. The molecule has 2 unspecified atom stereocenters. The van der Waals surface area contributed by atoms with Crippen molar-refractivity contribution in [3.05, 3.63) is 0 Å². The van der Waals surface area contributed by atoms with Crippen molar-refractivity contribution in [1.82, 2.24) is 0 Å². The van der Waals surface area contributed by atoms with E-state index >= 15 is 0 Å². The first-order valence-electron chi connectivity index (χ1n) is 8.52. The SMILES string of the molecule is CCCC(CCCCCCCCCCC(C)O)S(=O)(=O)O. The van der Waals surface area contributed by atoms with Gasteiger partial charge in [-0.2, -0.15) is 8.42 Å². The van der Waals surface area contributed by atoms with Crippen LogP contribution in [-0.4, -0.2) is 29.4 Å². The molecule has 21 heavy (non-hydrogen) atoms. The van der Waals surface area contributed by atoms with Gasteiger partial charge in [0.25, 0.3) is 10.1 Å². The predicted molar refractivity (Wildman–Crippen MR) is 88.1 cm³/mol. The summed E-state index contributed by atoms with van der Waals surface area (Å²) in [6.45, 7) is 3.77. The topological polar surface area (TPSA) is 74.6 Å². The predicted octanol–water partition coefficient (Wildman–Crippen LogP) is 4.32. The third-order valence-electron chi connectivity index (χ3n) is 3.93. The average molecular weight is 323 g/mol. The van der Waals surface area contributed by atoms with Crippen LogP contribution in [0.15, 0.2) is 0 Å². The number of hydrogen-bond donors (Lipinski definition) is 2. The van der Waals surface area contributed by atoms with Crippen LogP contribution in [0.1, 0.15) is 90.9 Å². The summed E-state index contributed by atoms with van der Waals surface area (Å²) < 4.78 is 31.5. The van der Waals surface area contributed by atoms with Crippen LogP contribution in [0, 0.1) is 0 Å². The molecule has 0 aromatic rings. The van der Waals surface area contributed by atoms with E-state index in [0.717, 1.165) is 38.5 Å². The van der Waals surface area contributed by atoms with E-state index < -0.39 is 15.4 Å². The number of aliphatic hydroxyl groups excluding tert-OH is 1. The molecule has 2 atom stereocenters. The van der Waals surface area contributed by atoms with E-state index in [9.17, 15) is 8.42 Å². The third-order valence-corrected chi connectivity index (χ3v) is 5.24. The molecule has 2 N–H and O–H groups in total. The summed E-state index contributed by atoms with van der Waals surface area (Å²) in [6.07, 6.45) is 11.6. The van der Waals surface area contributed by atoms with Crippen LogP contribution in [-0.2, 0) is 10.1 Å². The fourth-order valence-corrected chi connectivity index (χ4v) is 3.63. The fourth-order valence-electron chi connectivity index (χ4n) is 2.64. The minimum atomic E-state index is -3.86. The van der Waals surface area contributed by atoms with Crippen molar-refractivity contribution in [3.63, 3.8) is 0 Å². The van der Waals surface area contributed by atoms with Gasteiger partial charge in [0.05, 0.1) is 11.4 Å². The zero-order chi connectivity index (χ0) is 16.1. The van der Waals surface area contributed by atoms with E-state index in [1.54, 1.807) is 0 Å². The number of rotatable bonds is 14. The summed E-state index contributed by atoms with van der Waals surface area (Å²) in [5, 5.41) is 8.57. The van der Waals surface area contributed by atoms with E-state index in [0.29, 0.717) is 12.8 Å². The normalized spacial score (nSPS) is 15.0. The van der Waals surface area contributed by atoms with Gasteiger partial charge in [-0.25, -0.2) is 0 Å². The summed E-state index contributed by atoms with van der Waals surface area (Å²) in [7, 11) is -3.86. The van der Waals surface area contributed by atoms with Gasteiger partial charge < -0.3 is 5.11 Å². The average Bonchev–Trinajstić information content (AvgIpc) is 2.38. The monoisotopic (exact) mass is 322 g/mol. The smallest absolute Gasteiger partial charge is 0.267 e. The minimum Gasteiger partial charge on any atom is -0.393 e. The van der Waals surface area contributed by atoms with Crippen molar-refractivity contribution in [2.45, 2.75) is 102 Å². The van der Waals surface area contributed by atoms with Gasteiger partial charge in [-0.05, 0) is 26.2 Å². The van der Waals surface area contributed by atoms with Crippen LogP contribution in [0.3, 0.4) is 0 Å². The van der Waals surface area contributed by atoms with Crippen molar-refractivity contribution in [3.8, 4) is 0 Å². The Morgan fingerprint density at radius 1 is 0.810 bits per heavy atom. The van der Waals surface area contributed by atoms with Crippen molar-refractivity contribution in [1.29, 1.82) is 0 Å². The van der Waals surface area contributed by atoms with Gasteiger partial charge in [-0.15, -0.1) is 0 Å². The molecule has 0 heterocycles. The van der Waals surface area contributed by atoms with Crippen molar-refractivity contribution in [2.75, 3.05) is 0 Å². The lowest BCUT2D eigenvalue weighted by molar-refractivity contribution is 0.180. The highest BCUT2D eigenvalue weighted by atomic mass is 32.2. The standard InChI is InChI=1S/C16H34O4S/c1-3-12-16(21(18,19)20)14-11-9-7-5-4-6-8-10-13-15(2)17/h15-17H,3-14H2,1-2H3,(H,18,19,20). The second-order valence-electron chi connectivity index (χ2n) is 6.18. The molecule has 0 aliphatic rings. The summed E-state index contributed by atoms with van der Waals surface area (Å²) in [4.78, 5) is 0. The first-order valence-corrected chi connectivity index (χ1v) is 10.0. The van der Waals surface area contributed by atoms with Crippen molar-refractivity contribution in [2.24, 2.45) is 0 Å². The molecule has 0 aromatic heterocycles. The van der Waals surface area contributed by atoms with Gasteiger partial charge in [0.15, 0.2) is 0 Å². The Hall–Kier alpha value is -0.130. The quantitative estimate of drug-likeness (QED) is 0.369. The molecule has 0 aliphatic heterocycles. The molecule has 0 rings (SSSR count). The molecule has 5 heteroatoms. The van der Waals surface area contributed by atoms with Gasteiger partial charge in [-0.1, -0.05) is 64.7 Å². The van der Waals surface area contributed by atoms with Gasteiger partial charge in [0.1, 0.15) is 0 Å². The Labute approximate surface area is 131 Å². The van der Waals surface area contributed by atoms with Crippen LogP contribution in [0.25, 0.3) is 0 Å². The second kappa shape index (κ2) is 12.4. The van der Waals surface area contributed by atoms with E-state index in [-0.39, 0.29) is 6.10 Å². The molecule has 0 aromatic carbocycles.